The summed E-state index contributed by atoms with van der Waals surface area (Å²) in [5, 5.41) is 9.09. The van der Waals surface area contributed by atoms with E-state index in [0.717, 1.165) is 0 Å². The summed E-state index contributed by atoms with van der Waals surface area (Å²) in [7, 11) is 1.49. The van der Waals surface area contributed by atoms with Crippen LogP contribution in [0.1, 0.15) is 30.7 Å². The number of methoxy groups -OCH3 is 1. The van der Waals surface area contributed by atoms with Crippen molar-refractivity contribution in [1.29, 1.82) is 5.26 Å². The van der Waals surface area contributed by atoms with Gasteiger partial charge in [-0.25, -0.2) is 0 Å². The second-order valence-corrected chi connectivity index (χ2v) is 4.66. The van der Waals surface area contributed by atoms with Crippen LogP contribution in [0.2, 0.25) is 0 Å². The first-order chi connectivity index (χ1) is 9.40. The number of pyridine rings is 1. The van der Waals surface area contributed by atoms with Gasteiger partial charge in [-0.15, -0.1) is 0 Å². The first-order valence-electron chi connectivity index (χ1n) is 6.22. The normalized spacial score (nSPS) is 10.4. The van der Waals surface area contributed by atoms with Gasteiger partial charge in [0.2, 0.25) is 0 Å². The fourth-order valence-electron chi connectivity index (χ4n) is 1.85. The molecule has 1 aromatic rings. The van der Waals surface area contributed by atoms with Crippen LogP contribution in [0, 0.1) is 18.3 Å². The van der Waals surface area contributed by atoms with Crippen molar-refractivity contribution in [3.05, 3.63) is 33.2 Å². The van der Waals surface area contributed by atoms with E-state index in [1.54, 1.807) is 26.8 Å². The summed E-state index contributed by atoms with van der Waals surface area (Å²) in [5.41, 5.74) is 0.600. The Morgan fingerprint density at radius 1 is 1.50 bits per heavy atom. The molecule has 1 heterocycles. The average Bonchev–Trinajstić information content (AvgIpc) is 2.34. The molecule has 0 radical (unpaired) electrons. The third-order valence-electron chi connectivity index (χ3n) is 2.66. The van der Waals surface area contributed by atoms with Crippen LogP contribution >= 0.6 is 0 Å². The zero-order chi connectivity index (χ0) is 15.3. The second kappa shape index (κ2) is 6.87. The predicted octanol–water partition coefficient (Wildman–Crippen LogP) is 1.13. The van der Waals surface area contributed by atoms with Crippen molar-refractivity contribution in [1.82, 2.24) is 4.57 Å². The first kappa shape index (κ1) is 15.9. The Morgan fingerprint density at radius 3 is 2.65 bits per heavy atom. The highest BCUT2D eigenvalue weighted by atomic mass is 16.5. The van der Waals surface area contributed by atoms with Gasteiger partial charge in [0.15, 0.2) is 0 Å². The molecular weight excluding hydrogens is 260 g/mol. The van der Waals surface area contributed by atoms with Gasteiger partial charge >= 0.3 is 5.97 Å². The number of nitrogens with zero attached hydrogens (tertiary/aromatic N) is 2. The van der Waals surface area contributed by atoms with Crippen LogP contribution in [-0.4, -0.2) is 23.8 Å². The van der Waals surface area contributed by atoms with E-state index in [1.807, 2.05) is 6.07 Å². The van der Waals surface area contributed by atoms with E-state index in [-0.39, 0.29) is 24.8 Å². The molecule has 6 heteroatoms. The van der Waals surface area contributed by atoms with Crippen molar-refractivity contribution in [3.63, 3.8) is 0 Å². The van der Waals surface area contributed by atoms with E-state index in [2.05, 4.69) is 0 Å². The summed E-state index contributed by atoms with van der Waals surface area (Å²) in [6, 6.07) is 3.54. The minimum Gasteiger partial charge on any atom is -0.462 e. The predicted molar refractivity (Wildman–Crippen MR) is 72.1 cm³/mol. The average molecular weight is 278 g/mol. The molecule has 0 bridgehead atoms. The van der Waals surface area contributed by atoms with Gasteiger partial charge in [0.05, 0.1) is 12.7 Å². The van der Waals surface area contributed by atoms with Crippen LogP contribution in [0.5, 0.6) is 0 Å². The van der Waals surface area contributed by atoms with Gasteiger partial charge < -0.3 is 14.0 Å². The lowest BCUT2D eigenvalue weighted by Crippen LogP contribution is -2.30. The Kier molecular flexibility index (Phi) is 5.47. The summed E-state index contributed by atoms with van der Waals surface area (Å²) in [5.74, 6) is -0.506. The van der Waals surface area contributed by atoms with Crippen LogP contribution < -0.4 is 5.56 Å². The van der Waals surface area contributed by atoms with Gasteiger partial charge in [-0.05, 0) is 26.8 Å². The Hall–Kier alpha value is -2.13. The molecule has 0 aromatic carbocycles. The number of esters is 1. The molecule has 0 amide bonds. The SMILES string of the molecule is COCc1cc(C)n(CC(=O)OC(C)C)c(=O)c1C#N. The molecule has 0 saturated carbocycles. The Morgan fingerprint density at radius 2 is 2.15 bits per heavy atom. The number of carbonyl (C=O) groups is 1. The summed E-state index contributed by atoms with van der Waals surface area (Å²) in [4.78, 5) is 23.9. The fourth-order valence-corrected chi connectivity index (χ4v) is 1.85. The van der Waals surface area contributed by atoms with Gasteiger partial charge in [0.1, 0.15) is 18.2 Å². The number of carbonyl (C=O) groups excluding carboxylic acids is 1. The van der Waals surface area contributed by atoms with Crippen molar-refractivity contribution in [2.75, 3.05) is 7.11 Å². The zero-order valence-corrected chi connectivity index (χ0v) is 12.1. The van der Waals surface area contributed by atoms with Crippen LogP contribution in [0.4, 0.5) is 0 Å². The number of aromatic nitrogens is 1. The van der Waals surface area contributed by atoms with Crippen molar-refractivity contribution < 1.29 is 14.3 Å². The fraction of sp³-hybridized carbons (Fsp3) is 0.500. The van der Waals surface area contributed by atoms with Crippen LogP contribution in [0.3, 0.4) is 0 Å². The summed E-state index contributed by atoms with van der Waals surface area (Å²) in [6.07, 6.45) is -0.248. The molecule has 20 heavy (non-hydrogen) atoms. The lowest BCUT2D eigenvalue weighted by Gasteiger charge is -2.14. The Labute approximate surface area is 117 Å². The number of aryl methyl sites for hydroxylation is 1. The number of hydrogen-bond acceptors (Lipinski definition) is 5. The molecule has 0 aliphatic rings. The molecule has 1 rings (SSSR count). The molecule has 0 aliphatic heterocycles. The Bertz CT molecular complexity index is 596. The topological polar surface area (TPSA) is 81.3 Å². The molecule has 0 N–H and O–H groups in total. The molecule has 108 valence electrons. The molecule has 6 nitrogen and oxygen atoms in total. The van der Waals surface area contributed by atoms with E-state index in [1.165, 1.54) is 11.7 Å². The molecular formula is C14H18N2O4. The standard InChI is InChI=1S/C14H18N2O4/c1-9(2)20-13(17)7-16-10(3)5-11(8-19-4)12(6-15)14(16)18/h5,9H,7-8H2,1-4H3. The minimum absolute atomic E-state index is 0.00482. The quantitative estimate of drug-likeness (QED) is 0.754. The minimum atomic E-state index is -0.506. The van der Waals surface area contributed by atoms with Gasteiger partial charge in [0, 0.05) is 18.4 Å². The summed E-state index contributed by atoms with van der Waals surface area (Å²) >= 11 is 0. The highest BCUT2D eigenvalue weighted by Crippen LogP contribution is 2.08. The molecule has 0 spiro atoms. The maximum atomic E-state index is 12.2. The van der Waals surface area contributed by atoms with E-state index in [4.69, 9.17) is 14.7 Å². The van der Waals surface area contributed by atoms with Crippen molar-refractivity contribution in [2.45, 2.75) is 40.0 Å². The van der Waals surface area contributed by atoms with E-state index >= 15 is 0 Å². The van der Waals surface area contributed by atoms with Crippen LogP contribution in [0.25, 0.3) is 0 Å². The highest BCUT2D eigenvalue weighted by Gasteiger charge is 2.15. The summed E-state index contributed by atoms with van der Waals surface area (Å²) < 4.78 is 11.2. The first-order valence-corrected chi connectivity index (χ1v) is 6.22. The van der Waals surface area contributed by atoms with Crippen molar-refractivity contribution in [2.24, 2.45) is 0 Å². The number of ether oxygens (including phenoxy) is 2. The monoisotopic (exact) mass is 278 g/mol. The molecule has 0 saturated heterocycles. The van der Waals surface area contributed by atoms with E-state index in [9.17, 15) is 9.59 Å². The number of rotatable bonds is 5. The van der Waals surface area contributed by atoms with Crippen LogP contribution in [-0.2, 0) is 27.4 Å². The third-order valence-corrected chi connectivity index (χ3v) is 2.66. The van der Waals surface area contributed by atoms with Gasteiger partial charge in [-0.2, -0.15) is 5.26 Å². The zero-order valence-electron chi connectivity index (χ0n) is 12.1. The van der Waals surface area contributed by atoms with Gasteiger partial charge in [-0.3, -0.25) is 9.59 Å². The van der Waals surface area contributed by atoms with Crippen molar-refractivity contribution >= 4 is 5.97 Å². The maximum Gasteiger partial charge on any atom is 0.326 e. The molecule has 0 atom stereocenters. The largest absolute Gasteiger partial charge is 0.462 e. The molecule has 1 aromatic heterocycles. The lowest BCUT2D eigenvalue weighted by atomic mass is 10.1. The van der Waals surface area contributed by atoms with E-state index < -0.39 is 11.5 Å². The van der Waals surface area contributed by atoms with Gasteiger partial charge in [0.25, 0.3) is 5.56 Å². The molecule has 0 fully saturated rings. The summed E-state index contributed by atoms with van der Waals surface area (Å²) in [6.45, 7) is 5.14. The second-order valence-electron chi connectivity index (χ2n) is 4.66. The smallest absolute Gasteiger partial charge is 0.326 e. The molecule has 0 aliphatic carbocycles. The Balaban J connectivity index is 3.19. The van der Waals surface area contributed by atoms with E-state index in [0.29, 0.717) is 11.3 Å². The molecule has 0 unspecified atom stereocenters. The van der Waals surface area contributed by atoms with Gasteiger partial charge in [-0.1, -0.05) is 0 Å². The number of hydrogen-bond donors (Lipinski definition) is 0. The third kappa shape index (κ3) is 3.68. The highest BCUT2D eigenvalue weighted by molar-refractivity contribution is 5.69. The van der Waals surface area contributed by atoms with Crippen LogP contribution in [0.15, 0.2) is 10.9 Å². The van der Waals surface area contributed by atoms with Crippen molar-refractivity contribution in [3.8, 4) is 6.07 Å². The number of nitriles is 1. The lowest BCUT2D eigenvalue weighted by molar-refractivity contribution is -0.148. The maximum absolute atomic E-state index is 12.2.